The monoisotopic (exact) mass is 195 g/mol. The van der Waals surface area contributed by atoms with E-state index in [2.05, 4.69) is 12.6 Å². The third-order valence-corrected chi connectivity index (χ3v) is 1.94. The first-order chi connectivity index (χ1) is 6.24. The summed E-state index contributed by atoms with van der Waals surface area (Å²) < 4.78 is 1.66. The summed E-state index contributed by atoms with van der Waals surface area (Å²) in [5, 5.41) is 0. The minimum Gasteiger partial charge on any atom is -0.312 e. The lowest BCUT2D eigenvalue weighted by atomic mass is 10.3. The second-order valence-electron chi connectivity index (χ2n) is 2.85. The fourth-order valence-corrected chi connectivity index (χ4v) is 1.17. The number of aromatic nitrogens is 1. The first kappa shape index (κ1) is 10.1. The molecule has 0 aromatic carbocycles. The second kappa shape index (κ2) is 4.92. The number of nitrogens with zero attached hydrogens (tertiary/aromatic N) is 1. The number of aryl methyl sites for hydroxylation is 1. The first-order valence-corrected chi connectivity index (χ1v) is 4.80. The molecule has 0 aliphatic carbocycles. The van der Waals surface area contributed by atoms with Crippen LogP contribution in [-0.4, -0.2) is 10.3 Å². The number of allylic oxidation sites excluding steroid dienone is 1. The average Bonchev–Trinajstić information content (AvgIpc) is 2.09. The Morgan fingerprint density at radius 2 is 2.31 bits per heavy atom. The maximum Gasteiger partial charge on any atom is 0.251 e. The molecule has 0 fully saturated rings. The predicted octanol–water partition coefficient (Wildman–Crippen LogP) is 1.64. The molecular weight excluding hydrogens is 182 g/mol. The van der Waals surface area contributed by atoms with Gasteiger partial charge in [-0.1, -0.05) is 12.2 Å². The van der Waals surface area contributed by atoms with Gasteiger partial charge in [-0.15, -0.1) is 0 Å². The average molecular weight is 195 g/mol. The predicted molar refractivity (Wildman–Crippen MR) is 58.4 cm³/mol. The fraction of sp³-hybridized carbons (Fsp3) is 0.300. The Kier molecular flexibility index (Phi) is 3.83. The summed E-state index contributed by atoms with van der Waals surface area (Å²) in [5.74, 6) is 0.709. The Morgan fingerprint density at radius 1 is 1.54 bits per heavy atom. The maximum atomic E-state index is 11.3. The van der Waals surface area contributed by atoms with Crippen molar-refractivity contribution >= 4 is 12.6 Å². The van der Waals surface area contributed by atoms with Crippen LogP contribution in [0.2, 0.25) is 0 Å². The minimum absolute atomic E-state index is 0.0452. The third kappa shape index (κ3) is 3.11. The number of hydrogen-bond donors (Lipinski definition) is 1. The molecule has 1 aromatic rings. The van der Waals surface area contributed by atoms with Crippen molar-refractivity contribution in [1.29, 1.82) is 0 Å². The van der Waals surface area contributed by atoms with Crippen LogP contribution in [0.5, 0.6) is 0 Å². The summed E-state index contributed by atoms with van der Waals surface area (Å²) in [6.07, 6.45) is 5.67. The van der Waals surface area contributed by atoms with Crippen LogP contribution in [0.15, 0.2) is 35.3 Å². The van der Waals surface area contributed by atoms with E-state index in [-0.39, 0.29) is 5.56 Å². The van der Waals surface area contributed by atoms with Crippen LogP contribution in [0.4, 0.5) is 0 Å². The molecule has 1 rings (SSSR count). The number of rotatable bonds is 3. The van der Waals surface area contributed by atoms with E-state index < -0.39 is 0 Å². The molecule has 0 spiro atoms. The Bertz CT molecular complexity index is 354. The molecule has 0 atom stereocenters. The molecule has 0 unspecified atom stereocenters. The van der Waals surface area contributed by atoms with E-state index in [1.54, 1.807) is 16.8 Å². The van der Waals surface area contributed by atoms with Gasteiger partial charge in [0.05, 0.1) is 0 Å². The lowest BCUT2D eigenvalue weighted by Gasteiger charge is -2.00. The van der Waals surface area contributed by atoms with Gasteiger partial charge in [-0.05, 0) is 18.6 Å². The molecule has 13 heavy (non-hydrogen) atoms. The zero-order valence-corrected chi connectivity index (χ0v) is 8.50. The number of thiol groups is 1. The molecule has 0 bridgehead atoms. The van der Waals surface area contributed by atoms with E-state index in [0.29, 0.717) is 12.3 Å². The Hall–Kier alpha value is -0.960. The molecule has 1 heterocycles. The topological polar surface area (TPSA) is 22.0 Å². The largest absolute Gasteiger partial charge is 0.312 e. The normalized spacial score (nSPS) is 10.9. The molecule has 3 heteroatoms. The van der Waals surface area contributed by atoms with Gasteiger partial charge >= 0.3 is 0 Å². The lowest BCUT2D eigenvalue weighted by Crippen LogP contribution is -2.17. The van der Waals surface area contributed by atoms with E-state index >= 15 is 0 Å². The van der Waals surface area contributed by atoms with Gasteiger partial charge in [-0.3, -0.25) is 4.79 Å². The van der Waals surface area contributed by atoms with Crippen molar-refractivity contribution in [2.75, 3.05) is 5.75 Å². The van der Waals surface area contributed by atoms with Gasteiger partial charge < -0.3 is 4.57 Å². The van der Waals surface area contributed by atoms with Gasteiger partial charge in [0.1, 0.15) is 0 Å². The van der Waals surface area contributed by atoms with Crippen molar-refractivity contribution in [3.05, 3.63) is 46.4 Å². The van der Waals surface area contributed by atoms with Crippen molar-refractivity contribution in [3.8, 4) is 0 Å². The maximum absolute atomic E-state index is 11.3. The van der Waals surface area contributed by atoms with Crippen LogP contribution in [0.1, 0.15) is 5.56 Å². The number of pyridine rings is 1. The molecule has 70 valence electrons. The molecule has 0 aliphatic rings. The van der Waals surface area contributed by atoms with E-state index in [1.807, 2.05) is 25.1 Å². The molecule has 0 radical (unpaired) electrons. The molecule has 1 aromatic heterocycles. The quantitative estimate of drug-likeness (QED) is 0.575. The molecule has 0 amide bonds. The standard InChI is InChI=1S/C10H13NOS/c1-9-4-6-11(10(12)8-9)5-2-3-7-13/h2-4,6,8,13H,5,7H2,1H3. The number of hydrogen-bond acceptors (Lipinski definition) is 2. The molecule has 0 N–H and O–H groups in total. The Balaban J connectivity index is 2.78. The van der Waals surface area contributed by atoms with Crippen LogP contribution in [0.3, 0.4) is 0 Å². The van der Waals surface area contributed by atoms with E-state index in [4.69, 9.17) is 0 Å². The van der Waals surface area contributed by atoms with Crippen molar-refractivity contribution < 1.29 is 0 Å². The Labute approximate surface area is 83.3 Å². The third-order valence-electron chi connectivity index (χ3n) is 1.73. The molecule has 0 saturated heterocycles. The highest BCUT2D eigenvalue weighted by Crippen LogP contribution is 1.91. The van der Waals surface area contributed by atoms with Crippen molar-refractivity contribution in [2.24, 2.45) is 0 Å². The highest BCUT2D eigenvalue weighted by Gasteiger charge is 1.91. The molecule has 0 aliphatic heterocycles. The summed E-state index contributed by atoms with van der Waals surface area (Å²) in [4.78, 5) is 11.3. The van der Waals surface area contributed by atoms with Gasteiger partial charge in [-0.25, -0.2) is 0 Å². The van der Waals surface area contributed by atoms with E-state index in [1.165, 1.54) is 0 Å². The van der Waals surface area contributed by atoms with Crippen LogP contribution in [0, 0.1) is 6.92 Å². The summed E-state index contributed by atoms with van der Waals surface area (Å²) in [6, 6.07) is 3.56. The van der Waals surface area contributed by atoms with Crippen molar-refractivity contribution in [3.63, 3.8) is 0 Å². The van der Waals surface area contributed by atoms with Gasteiger partial charge in [-0.2, -0.15) is 12.6 Å². The second-order valence-corrected chi connectivity index (χ2v) is 3.21. The zero-order valence-electron chi connectivity index (χ0n) is 7.60. The first-order valence-electron chi connectivity index (χ1n) is 4.17. The van der Waals surface area contributed by atoms with Crippen LogP contribution >= 0.6 is 12.6 Å². The minimum atomic E-state index is 0.0452. The van der Waals surface area contributed by atoms with Crippen LogP contribution in [0.25, 0.3) is 0 Å². The van der Waals surface area contributed by atoms with Crippen molar-refractivity contribution in [1.82, 2.24) is 4.57 Å². The van der Waals surface area contributed by atoms with Crippen molar-refractivity contribution in [2.45, 2.75) is 13.5 Å². The van der Waals surface area contributed by atoms with E-state index in [9.17, 15) is 4.79 Å². The summed E-state index contributed by atoms with van der Waals surface area (Å²) in [7, 11) is 0. The summed E-state index contributed by atoms with van der Waals surface area (Å²) >= 11 is 4.04. The van der Waals surface area contributed by atoms with Crippen LogP contribution in [-0.2, 0) is 6.54 Å². The van der Waals surface area contributed by atoms with Crippen LogP contribution < -0.4 is 5.56 Å². The molecule has 0 saturated carbocycles. The summed E-state index contributed by atoms with van der Waals surface area (Å²) in [6.45, 7) is 2.54. The van der Waals surface area contributed by atoms with Gasteiger partial charge in [0.25, 0.3) is 5.56 Å². The summed E-state index contributed by atoms with van der Waals surface area (Å²) in [5.41, 5.74) is 1.04. The molecular formula is C10H13NOS. The highest BCUT2D eigenvalue weighted by molar-refractivity contribution is 7.80. The fourth-order valence-electron chi connectivity index (χ4n) is 1.02. The lowest BCUT2D eigenvalue weighted by molar-refractivity contribution is 0.776. The SMILES string of the molecule is Cc1ccn(CC=CCS)c(=O)c1. The smallest absolute Gasteiger partial charge is 0.251 e. The highest BCUT2D eigenvalue weighted by atomic mass is 32.1. The Morgan fingerprint density at radius 3 is 2.92 bits per heavy atom. The van der Waals surface area contributed by atoms with Gasteiger partial charge in [0, 0.05) is 24.6 Å². The van der Waals surface area contributed by atoms with Gasteiger partial charge in [0.2, 0.25) is 0 Å². The van der Waals surface area contributed by atoms with E-state index in [0.717, 1.165) is 5.56 Å². The van der Waals surface area contributed by atoms with Gasteiger partial charge in [0.15, 0.2) is 0 Å². The zero-order chi connectivity index (χ0) is 9.68. The molecule has 2 nitrogen and oxygen atoms in total.